The average Bonchev–Trinajstić information content (AvgIpc) is 3.64. The van der Waals surface area contributed by atoms with Crippen LogP contribution >= 0.6 is 0 Å². The van der Waals surface area contributed by atoms with Gasteiger partial charge in [-0.15, -0.1) is 0 Å². The highest BCUT2D eigenvalue weighted by molar-refractivity contribution is 5.99. The zero-order valence-electron chi connectivity index (χ0n) is 30.2. The first-order chi connectivity index (χ1) is 24.7. The van der Waals surface area contributed by atoms with Gasteiger partial charge in [-0.2, -0.15) is 0 Å². The number of aliphatic carboxylic acids is 1. The second-order valence-corrected chi connectivity index (χ2v) is 14.1. The number of Topliss-reactive ketones (excluding diaryl/α,β-unsaturated/α-hetero) is 1. The Kier molecular flexibility index (Phi) is 13.5. The maximum atomic E-state index is 13.8. The van der Waals surface area contributed by atoms with Crippen molar-refractivity contribution in [1.82, 2.24) is 14.9 Å². The van der Waals surface area contributed by atoms with Gasteiger partial charge in [-0.1, -0.05) is 107 Å². The van der Waals surface area contributed by atoms with Crippen molar-refractivity contribution in [3.63, 3.8) is 0 Å². The van der Waals surface area contributed by atoms with Crippen molar-refractivity contribution in [1.29, 1.82) is 0 Å². The SMILES string of the molecule is CCCCCCCOc1ccc(-c2cnc(-c3ccc(C[C@H](CC(=O)c4ccc(CC(C)C)cc4)C(=O)N4CCC[C@H]4C(=O)O)cc3)nc2)cc1. The Morgan fingerprint density at radius 1 is 0.804 bits per heavy atom. The Bertz CT molecular complexity index is 1720. The number of hydrogen-bond acceptors (Lipinski definition) is 6. The van der Waals surface area contributed by atoms with Crippen molar-refractivity contribution in [2.75, 3.05) is 13.2 Å². The molecule has 0 spiro atoms. The van der Waals surface area contributed by atoms with E-state index in [0.717, 1.165) is 53.0 Å². The summed E-state index contributed by atoms with van der Waals surface area (Å²) in [4.78, 5) is 49.9. The monoisotopic (exact) mass is 689 g/mol. The van der Waals surface area contributed by atoms with Gasteiger partial charge in [0.05, 0.1) is 6.61 Å². The van der Waals surface area contributed by atoms with E-state index in [-0.39, 0.29) is 18.1 Å². The molecule has 4 aromatic rings. The summed E-state index contributed by atoms with van der Waals surface area (Å²) in [5, 5.41) is 9.76. The van der Waals surface area contributed by atoms with Crippen LogP contribution in [0, 0.1) is 11.8 Å². The van der Waals surface area contributed by atoms with Gasteiger partial charge in [0.2, 0.25) is 5.91 Å². The summed E-state index contributed by atoms with van der Waals surface area (Å²) in [6.45, 7) is 7.64. The molecule has 1 aliphatic heterocycles. The summed E-state index contributed by atoms with van der Waals surface area (Å²) in [6, 6.07) is 22.5. The van der Waals surface area contributed by atoms with Crippen molar-refractivity contribution in [3.05, 3.63) is 102 Å². The number of carbonyl (C=O) groups is 3. The maximum absolute atomic E-state index is 13.8. The molecular formula is C43H51N3O5. The number of aromatic nitrogens is 2. The minimum absolute atomic E-state index is 0.00365. The molecule has 2 atom stereocenters. The molecule has 268 valence electrons. The highest BCUT2D eigenvalue weighted by Gasteiger charge is 2.37. The van der Waals surface area contributed by atoms with Crippen molar-refractivity contribution in [3.8, 4) is 28.3 Å². The second kappa shape index (κ2) is 18.4. The number of carboxylic acids is 1. The Hall–Kier alpha value is -4.85. The first kappa shape index (κ1) is 37.4. The largest absolute Gasteiger partial charge is 0.494 e. The number of ketones is 1. The first-order valence-corrected chi connectivity index (χ1v) is 18.5. The van der Waals surface area contributed by atoms with Gasteiger partial charge in [0.1, 0.15) is 11.8 Å². The van der Waals surface area contributed by atoms with Crippen LogP contribution in [0.2, 0.25) is 0 Å². The van der Waals surface area contributed by atoms with Crippen LogP contribution in [0.3, 0.4) is 0 Å². The van der Waals surface area contributed by atoms with Crippen LogP contribution in [-0.2, 0) is 22.4 Å². The van der Waals surface area contributed by atoms with Gasteiger partial charge in [0, 0.05) is 48.0 Å². The lowest BCUT2D eigenvalue weighted by molar-refractivity contribution is -0.149. The molecule has 3 aromatic carbocycles. The molecule has 1 N–H and O–H groups in total. The number of benzene rings is 3. The summed E-state index contributed by atoms with van der Waals surface area (Å²) in [7, 11) is 0. The fourth-order valence-corrected chi connectivity index (χ4v) is 6.75. The van der Waals surface area contributed by atoms with E-state index >= 15 is 0 Å². The molecule has 1 aliphatic rings. The lowest BCUT2D eigenvalue weighted by Crippen LogP contribution is -2.44. The van der Waals surface area contributed by atoms with Crippen LogP contribution in [-0.4, -0.2) is 56.8 Å². The van der Waals surface area contributed by atoms with E-state index in [4.69, 9.17) is 4.74 Å². The topological polar surface area (TPSA) is 110 Å². The molecule has 0 saturated carbocycles. The van der Waals surface area contributed by atoms with E-state index in [0.29, 0.717) is 43.1 Å². The fraction of sp³-hybridized carbons (Fsp3) is 0.419. The van der Waals surface area contributed by atoms with E-state index in [2.05, 4.69) is 30.7 Å². The molecule has 0 unspecified atom stereocenters. The van der Waals surface area contributed by atoms with Crippen molar-refractivity contribution >= 4 is 17.7 Å². The van der Waals surface area contributed by atoms with Gasteiger partial charge in [-0.05, 0) is 66.8 Å². The second-order valence-electron chi connectivity index (χ2n) is 14.1. The maximum Gasteiger partial charge on any atom is 0.326 e. The standard InChI is InChI=1S/C43H51N3O5/c1-4-5-6-7-8-24-51-38-21-19-33(20-22-38)37-28-44-41(45-29-37)35-17-13-32(14-18-35)26-36(42(48)46-23-9-10-39(46)43(49)50)27-40(47)34-15-11-31(12-16-34)25-30(2)3/h11-22,28-30,36,39H,4-10,23-27H2,1-3H3,(H,49,50)/t36-,39+/m1/s1. The lowest BCUT2D eigenvalue weighted by atomic mass is 9.90. The first-order valence-electron chi connectivity index (χ1n) is 18.5. The van der Waals surface area contributed by atoms with Crippen molar-refractivity contribution in [2.24, 2.45) is 11.8 Å². The van der Waals surface area contributed by atoms with Gasteiger partial charge in [-0.25, -0.2) is 14.8 Å². The summed E-state index contributed by atoms with van der Waals surface area (Å²) < 4.78 is 5.90. The molecule has 0 aliphatic carbocycles. The van der Waals surface area contributed by atoms with E-state index in [9.17, 15) is 19.5 Å². The molecule has 2 heterocycles. The molecule has 51 heavy (non-hydrogen) atoms. The molecular weight excluding hydrogens is 638 g/mol. The Labute approximate surface area is 302 Å². The lowest BCUT2D eigenvalue weighted by Gasteiger charge is -2.26. The third-order valence-corrected chi connectivity index (χ3v) is 9.57. The third kappa shape index (κ3) is 10.6. The van der Waals surface area contributed by atoms with Crippen LogP contribution in [0.5, 0.6) is 5.75 Å². The predicted molar refractivity (Wildman–Crippen MR) is 201 cm³/mol. The number of unbranched alkanes of at least 4 members (excludes halogenated alkanes) is 4. The van der Waals surface area contributed by atoms with E-state index < -0.39 is 17.9 Å². The molecule has 1 amide bonds. The normalized spacial score (nSPS) is 14.8. The summed E-state index contributed by atoms with van der Waals surface area (Å²) in [5.74, 6) is -0.146. The Balaban J connectivity index is 1.24. The number of amides is 1. The highest BCUT2D eigenvalue weighted by Crippen LogP contribution is 2.27. The number of ether oxygens (including phenoxy) is 1. The summed E-state index contributed by atoms with van der Waals surface area (Å²) >= 11 is 0. The number of hydrogen-bond donors (Lipinski definition) is 1. The molecule has 8 nitrogen and oxygen atoms in total. The van der Waals surface area contributed by atoms with Crippen molar-refractivity contribution < 1.29 is 24.2 Å². The minimum Gasteiger partial charge on any atom is -0.494 e. The number of likely N-dealkylation sites (tertiary alicyclic amines) is 1. The quantitative estimate of drug-likeness (QED) is 0.0821. The fourth-order valence-electron chi connectivity index (χ4n) is 6.75. The summed E-state index contributed by atoms with van der Waals surface area (Å²) in [5.41, 5.74) is 5.35. The van der Waals surface area contributed by atoms with Gasteiger partial charge < -0.3 is 14.7 Å². The van der Waals surface area contributed by atoms with Crippen LogP contribution in [0.25, 0.3) is 22.5 Å². The van der Waals surface area contributed by atoms with Crippen LogP contribution in [0.4, 0.5) is 0 Å². The molecule has 1 saturated heterocycles. The zero-order valence-corrected chi connectivity index (χ0v) is 30.2. The van der Waals surface area contributed by atoms with Gasteiger partial charge >= 0.3 is 5.97 Å². The Morgan fingerprint density at radius 3 is 2.08 bits per heavy atom. The molecule has 8 heteroatoms. The minimum atomic E-state index is -1.00. The highest BCUT2D eigenvalue weighted by atomic mass is 16.5. The molecule has 0 radical (unpaired) electrons. The van der Waals surface area contributed by atoms with Gasteiger partial charge in [-0.3, -0.25) is 9.59 Å². The predicted octanol–water partition coefficient (Wildman–Crippen LogP) is 8.87. The van der Waals surface area contributed by atoms with E-state index in [1.807, 2.05) is 85.2 Å². The van der Waals surface area contributed by atoms with Crippen LogP contribution in [0.15, 0.2) is 85.2 Å². The molecule has 1 aromatic heterocycles. The number of carboxylic acid groups (broad SMARTS) is 1. The molecule has 5 rings (SSSR count). The summed E-state index contributed by atoms with van der Waals surface area (Å²) in [6.07, 6.45) is 12.0. The van der Waals surface area contributed by atoms with E-state index in [1.54, 1.807) is 0 Å². The number of rotatable bonds is 18. The number of nitrogens with zero attached hydrogens (tertiary/aromatic N) is 3. The number of carbonyl (C=O) groups excluding carboxylic acids is 2. The van der Waals surface area contributed by atoms with Gasteiger partial charge in [0.25, 0.3) is 0 Å². The van der Waals surface area contributed by atoms with Gasteiger partial charge in [0.15, 0.2) is 11.6 Å². The smallest absolute Gasteiger partial charge is 0.326 e. The van der Waals surface area contributed by atoms with E-state index in [1.165, 1.54) is 30.6 Å². The van der Waals surface area contributed by atoms with Crippen LogP contribution < -0.4 is 4.74 Å². The van der Waals surface area contributed by atoms with Crippen molar-refractivity contribution in [2.45, 2.75) is 91.0 Å². The van der Waals surface area contributed by atoms with Crippen LogP contribution in [0.1, 0.15) is 93.6 Å². The molecule has 1 fully saturated rings. The zero-order chi connectivity index (χ0) is 36.2. The molecule has 0 bridgehead atoms. The third-order valence-electron chi connectivity index (χ3n) is 9.57. The average molecular weight is 690 g/mol. The Morgan fingerprint density at radius 2 is 1.43 bits per heavy atom.